The number of hydrogen-bond donors (Lipinski definition) is 1. The average molecular weight is 272 g/mol. The summed E-state index contributed by atoms with van der Waals surface area (Å²) in [7, 11) is 0. The van der Waals surface area contributed by atoms with Gasteiger partial charge in [-0.1, -0.05) is 24.3 Å². The molecule has 0 aromatic heterocycles. The van der Waals surface area contributed by atoms with Crippen LogP contribution in [0.2, 0.25) is 0 Å². The van der Waals surface area contributed by atoms with E-state index >= 15 is 0 Å². The second kappa shape index (κ2) is 5.57. The number of benzene rings is 1. The SMILES string of the molecule is NC1(Cc2cccc(CCC(=O)N3CCCC3)c2)CC1. The fraction of sp³-hybridized carbons (Fsp3) is 0.588. The summed E-state index contributed by atoms with van der Waals surface area (Å²) >= 11 is 0. The van der Waals surface area contributed by atoms with Crippen LogP contribution in [0.1, 0.15) is 43.2 Å². The molecule has 2 aliphatic rings. The van der Waals surface area contributed by atoms with Gasteiger partial charge in [-0.3, -0.25) is 4.79 Å². The van der Waals surface area contributed by atoms with Crippen LogP contribution in [0.15, 0.2) is 24.3 Å². The van der Waals surface area contributed by atoms with E-state index in [1.807, 2.05) is 4.90 Å². The van der Waals surface area contributed by atoms with E-state index in [-0.39, 0.29) is 5.54 Å². The number of carbonyl (C=O) groups is 1. The van der Waals surface area contributed by atoms with Gasteiger partial charge in [0.05, 0.1) is 0 Å². The van der Waals surface area contributed by atoms with Crippen molar-refractivity contribution < 1.29 is 4.79 Å². The standard InChI is InChI=1S/C17H24N2O/c18-17(8-9-17)13-15-5-3-4-14(12-15)6-7-16(20)19-10-1-2-11-19/h3-5,12H,1-2,6-11,13,18H2. The van der Waals surface area contributed by atoms with Crippen molar-refractivity contribution in [2.24, 2.45) is 5.73 Å². The number of amides is 1. The van der Waals surface area contributed by atoms with Gasteiger partial charge in [-0.15, -0.1) is 0 Å². The highest BCUT2D eigenvalue weighted by Crippen LogP contribution is 2.35. The third-order valence-corrected chi connectivity index (χ3v) is 4.53. The van der Waals surface area contributed by atoms with Crippen LogP contribution in [0, 0.1) is 0 Å². The van der Waals surface area contributed by atoms with Gasteiger partial charge in [0.2, 0.25) is 5.91 Å². The first-order valence-corrected chi connectivity index (χ1v) is 7.79. The molecule has 20 heavy (non-hydrogen) atoms. The van der Waals surface area contributed by atoms with Gasteiger partial charge in [-0.2, -0.15) is 0 Å². The van der Waals surface area contributed by atoms with Gasteiger partial charge in [0.15, 0.2) is 0 Å². The van der Waals surface area contributed by atoms with Crippen molar-refractivity contribution in [1.82, 2.24) is 4.90 Å². The molecular weight excluding hydrogens is 248 g/mol. The molecule has 1 aromatic carbocycles. The predicted molar refractivity (Wildman–Crippen MR) is 80.4 cm³/mol. The molecule has 0 bridgehead atoms. The third kappa shape index (κ3) is 3.40. The van der Waals surface area contributed by atoms with E-state index in [9.17, 15) is 4.79 Å². The lowest BCUT2D eigenvalue weighted by atomic mass is 10.0. The number of aryl methyl sites for hydroxylation is 1. The molecule has 1 saturated heterocycles. The lowest BCUT2D eigenvalue weighted by Crippen LogP contribution is -2.27. The van der Waals surface area contributed by atoms with Crippen LogP contribution in [0.3, 0.4) is 0 Å². The van der Waals surface area contributed by atoms with Gasteiger partial charge in [0, 0.05) is 25.0 Å². The summed E-state index contributed by atoms with van der Waals surface area (Å²) in [5, 5.41) is 0. The largest absolute Gasteiger partial charge is 0.343 e. The highest BCUT2D eigenvalue weighted by Gasteiger charge is 2.37. The molecule has 1 amide bonds. The molecule has 1 saturated carbocycles. The Morgan fingerprint density at radius 2 is 1.90 bits per heavy atom. The number of nitrogens with zero attached hydrogens (tertiary/aromatic N) is 1. The number of nitrogens with two attached hydrogens (primary N) is 1. The van der Waals surface area contributed by atoms with Crippen molar-refractivity contribution in [2.45, 2.75) is 50.5 Å². The molecule has 0 spiro atoms. The Balaban J connectivity index is 1.54. The lowest BCUT2D eigenvalue weighted by Gasteiger charge is -2.15. The Kier molecular flexibility index (Phi) is 3.79. The molecule has 1 heterocycles. The Morgan fingerprint density at radius 1 is 1.20 bits per heavy atom. The van der Waals surface area contributed by atoms with E-state index in [2.05, 4.69) is 24.3 Å². The van der Waals surface area contributed by atoms with E-state index < -0.39 is 0 Å². The number of rotatable bonds is 5. The van der Waals surface area contributed by atoms with Gasteiger partial charge >= 0.3 is 0 Å². The smallest absolute Gasteiger partial charge is 0.222 e. The van der Waals surface area contributed by atoms with Gasteiger partial charge < -0.3 is 10.6 Å². The maximum atomic E-state index is 12.0. The zero-order chi connectivity index (χ0) is 14.0. The second-order valence-electron chi connectivity index (χ2n) is 6.45. The molecule has 1 aliphatic carbocycles. The molecule has 2 N–H and O–H groups in total. The van der Waals surface area contributed by atoms with Crippen molar-refractivity contribution >= 4 is 5.91 Å². The van der Waals surface area contributed by atoms with Crippen LogP contribution >= 0.6 is 0 Å². The van der Waals surface area contributed by atoms with Gasteiger partial charge in [-0.05, 0) is 49.7 Å². The van der Waals surface area contributed by atoms with Gasteiger partial charge in [-0.25, -0.2) is 0 Å². The summed E-state index contributed by atoms with van der Waals surface area (Å²) in [6, 6.07) is 8.59. The fourth-order valence-corrected chi connectivity index (χ4v) is 3.01. The zero-order valence-electron chi connectivity index (χ0n) is 12.1. The van der Waals surface area contributed by atoms with Crippen LogP contribution < -0.4 is 5.73 Å². The summed E-state index contributed by atoms with van der Waals surface area (Å²) < 4.78 is 0. The first kappa shape index (κ1) is 13.6. The minimum Gasteiger partial charge on any atom is -0.343 e. The summed E-state index contributed by atoms with van der Waals surface area (Å²) in [6.07, 6.45) is 7.08. The van der Waals surface area contributed by atoms with E-state index in [1.54, 1.807) is 0 Å². The minimum absolute atomic E-state index is 0.0595. The molecule has 3 nitrogen and oxygen atoms in total. The van der Waals surface area contributed by atoms with E-state index in [1.165, 1.54) is 24.0 Å². The van der Waals surface area contributed by atoms with Crippen molar-refractivity contribution in [2.75, 3.05) is 13.1 Å². The Labute approximate surface area is 121 Å². The second-order valence-corrected chi connectivity index (χ2v) is 6.45. The number of hydrogen-bond acceptors (Lipinski definition) is 2. The fourth-order valence-electron chi connectivity index (χ4n) is 3.01. The normalized spacial score (nSPS) is 20.1. The molecule has 1 aliphatic heterocycles. The van der Waals surface area contributed by atoms with Crippen molar-refractivity contribution in [3.8, 4) is 0 Å². The van der Waals surface area contributed by atoms with Crippen molar-refractivity contribution in [3.05, 3.63) is 35.4 Å². The summed E-state index contributed by atoms with van der Waals surface area (Å²) in [5.41, 5.74) is 8.81. The quantitative estimate of drug-likeness (QED) is 0.894. The van der Waals surface area contributed by atoms with Gasteiger partial charge in [0.25, 0.3) is 0 Å². The topological polar surface area (TPSA) is 46.3 Å². The maximum absolute atomic E-state index is 12.0. The molecule has 0 radical (unpaired) electrons. The number of carbonyl (C=O) groups excluding carboxylic acids is 1. The third-order valence-electron chi connectivity index (χ3n) is 4.53. The van der Waals surface area contributed by atoms with Crippen LogP contribution in [0.5, 0.6) is 0 Å². The summed E-state index contributed by atoms with van der Waals surface area (Å²) in [5.74, 6) is 0.311. The highest BCUT2D eigenvalue weighted by molar-refractivity contribution is 5.76. The van der Waals surface area contributed by atoms with E-state index in [0.717, 1.165) is 38.8 Å². The molecule has 108 valence electrons. The Hall–Kier alpha value is -1.35. The monoisotopic (exact) mass is 272 g/mol. The lowest BCUT2D eigenvalue weighted by molar-refractivity contribution is -0.130. The van der Waals surface area contributed by atoms with Crippen LogP contribution in [-0.2, 0) is 17.6 Å². The van der Waals surface area contributed by atoms with Crippen molar-refractivity contribution in [3.63, 3.8) is 0 Å². The van der Waals surface area contributed by atoms with E-state index in [4.69, 9.17) is 5.73 Å². The molecule has 3 rings (SSSR count). The first-order valence-electron chi connectivity index (χ1n) is 7.79. The Morgan fingerprint density at radius 3 is 2.60 bits per heavy atom. The first-order chi connectivity index (χ1) is 9.65. The minimum atomic E-state index is 0.0595. The van der Waals surface area contributed by atoms with Crippen LogP contribution in [0.25, 0.3) is 0 Å². The summed E-state index contributed by atoms with van der Waals surface area (Å²) in [6.45, 7) is 1.91. The molecular formula is C17H24N2O. The van der Waals surface area contributed by atoms with Crippen LogP contribution in [0.4, 0.5) is 0 Å². The molecule has 1 aromatic rings. The van der Waals surface area contributed by atoms with E-state index in [0.29, 0.717) is 12.3 Å². The van der Waals surface area contributed by atoms with Crippen molar-refractivity contribution in [1.29, 1.82) is 0 Å². The molecule has 3 heteroatoms. The predicted octanol–water partition coefficient (Wildman–Crippen LogP) is 2.28. The molecule has 0 unspecified atom stereocenters. The highest BCUT2D eigenvalue weighted by atomic mass is 16.2. The van der Waals surface area contributed by atoms with Gasteiger partial charge in [0.1, 0.15) is 0 Å². The maximum Gasteiger partial charge on any atom is 0.222 e. The molecule has 2 fully saturated rings. The average Bonchev–Trinajstić information content (AvgIpc) is 2.95. The molecule has 0 atom stereocenters. The zero-order valence-corrected chi connectivity index (χ0v) is 12.1. The van der Waals surface area contributed by atoms with Crippen LogP contribution in [-0.4, -0.2) is 29.4 Å². The Bertz CT molecular complexity index is 488. The summed E-state index contributed by atoms with van der Waals surface area (Å²) in [4.78, 5) is 14.1. The number of likely N-dealkylation sites (tertiary alicyclic amines) is 1.